The van der Waals surface area contributed by atoms with Crippen LogP contribution in [0.15, 0.2) is 36.9 Å². The second-order valence-corrected chi connectivity index (χ2v) is 3.60. The molecule has 90 valence electrons. The highest BCUT2D eigenvalue weighted by molar-refractivity contribution is 5.85. The molecule has 1 atom stereocenters. The van der Waals surface area contributed by atoms with E-state index < -0.39 is 12.1 Å². The Morgan fingerprint density at radius 2 is 1.94 bits per heavy atom. The third-order valence-electron chi connectivity index (χ3n) is 2.19. The molecule has 0 radical (unpaired) electrons. The summed E-state index contributed by atoms with van der Waals surface area (Å²) in [6.07, 6.45) is -1.35. The maximum Gasteiger partial charge on any atom is 0.307 e. The average Bonchev–Trinajstić information content (AvgIpc) is 2.28. The van der Waals surface area contributed by atoms with Gasteiger partial charge in [0.2, 0.25) is 0 Å². The molecule has 0 aromatic heterocycles. The SMILES string of the molecule is C=C(OC(CC(=O)O)C(C)=O)c1ccccc1. The van der Waals surface area contributed by atoms with E-state index in [9.17, 15) is 9.59 Å². The van der Waals surface area contributed by atoms with E-state index in [0.29, 0.717) is 5.76 Å². The summed E-state index contributed by atoms with van der Waals surface area (Å²) in [5.41, 5.74) is 0.726. The molecule has 0 aliphatic carbocycles. The number of hydrogen-bond donors (Lipinski definition) is 1. The molecule has 0 amide bonds. The fourth-order valence-electron chi connectivity index (χ4n) is 1.29. The number of hydrogen-bond acceptors (Lipinski definition) is 3. The number of ketones is 1. The Morgan fingerprint density at radius 3 is 2.41 bits per heavy atom. The fraction of sp³-hybridized carbons (Fsp3) is 0.231. The number of carboxylic acid groups (broad SMARTS) is 1. The van der Waals surface area contributed by atoms with Crippen LogP contribution in [0.1, 0.15) is 18.9 Å². The first-order chi connectivity index (χ1) is 8.00. The fourth-order valence-corrected chi connectivity index (χ4v) is 1.29. The second kappa shape index (κ2) is 5.84. The summed E-state index contributed by atoms with van der Waals surface area (Å²) in [5, 5.41) is 8.65. The Labute approximate surface area is 99.5 Å². The zero-order chi connectivity index (χ0) is 12.8. The van der Waals surface area contributed by atoms with Gasteiger partial charge in [0.05, 0.1) is 6.42 Å². The molecule has 4 heteroatoms. The van der Waals surface area contributed by atoms with E-state index in [4.69, 9.17) is 9.84 Å². The van der Waals surface area contributed by atoms with Crippen molar-refractivity contribution in [3.8, 4) is 0 Å². The Kier molecular flexibility index (Phi) is 4.46. The summed E-state index contributed by atoms with van der Waals surface area (Å²) >= 11 is 0. The van der Waals surface area contributed by atoms with Crippen molar-refractivity contribution in [1.29, 1.82) is 0 Å². The van der Waals surface area contributed by atoms with Crippen molar-refractivity contribution < 1.29 is 19.4 Å². The van der Waals surface area contributed by atoms with Gasteiger partial charge in [-0.15, -0.1) is 0 Å². The predicted molar refractivity (Wildman–Crippen MR) is 63.3 cm³/mol. The molecule has 0 aliphatic rings. The van der Waals surface area contributed by atoms with Crippen LogP contribution in [0.25, 0.3) is 5.76 Å². The van der Waals surface area contributed by atoms with Crippen molar-refractivity contribution in [2.45, 2.75) is 19.4 Å². The van der Waals surface area contributed by atoms with Crippen molar-refractivity contribution in [1.82, 2.24) is 0 Å². The molecule has 17 heavy (non-hydrogen) atoms. The van der Waals surface area contributed by atoms with Crippen molar-refractivity contribution in [3.63, 3.8) is 0 Å². The summed E-state index contributed by atoms with van der Waals surface area (Å²) in [6, 6.07) is 9.02. The zero-order valence-corrected chi connectivity index (χ0v) is 9.55. The maximum absolute atomic E-state index is 11.2. The quantitative estimate of drug-likeness (QED) is 0.765. The summed E-state index contributed by atoms with van der Waals surface area (Å²) in [6.45, 7) is 4.98. The third kappa shape index (κ3) is 4.10. The minimum absolute atomic E-state index is 0.298. The van der Waals surface area contributed by atoms with Gasteiger partial charge < -0.3 is 9.84 Å². The van der Waals surface area contributed by atoms with E-state index in [1.165, 1.54) is 6.92 Å². The molecule has 1 aromatic rings. The maximum atomic E-state index is 11.2. The summed E-state index contributed by atoms with van der Waals surface area (Å²) in [5.74, 6) is -1.11. The van der Waals surface area contributed by atoms with Gasteiger partial charge >= 0.3 is 5.97 Å². The molecule has 0 aliphatic heterocycles. The smallest absolute Gasteiger partial charge is 0.307 e. The number of benzene rings is 1. The average molecular weight is 234 g/mol. The normalized spacial score (nSPS) is 11.6. The third-order valence-corrected chi connectivity index (χ3v) is 2.19. The molecule has 0 heterocycles. The summed E-state index contributed by atoms with van der Waals surface area (Å²) < 4.78 is 5.28. The van der Waals surface area contributed by atoms with Crippen LogP contribution in [0.4, 0.5) is 0 Å². The largest absolute Gasteiger partial charge is 0.482 e. The van der Waals surface area contributed by atoms with E-state index in [-0.39, 0.29) is 12.2 Å². The number of aliphatic carboxylic acids is 1. The van der Waals surface area contributed by atoms with Crippen molar-refractivity contribution >= 4 is 17.5 Å². The van der Waals surface area contributed by atoms with Crippen molar-refractivity contribution in [2.75, 3.05) is 0 Å². The van der Waals surface area contributed by atoms with Gasteiger partial charge in [0, 0.05) is 5.56 Å². The molecule has 1 aromatic carbocycles. The van der Waals surface area contributed by atoms with Crippen LogP contribution < -0.4 is 0 Å². The molecule has 1 N–H and O–H groups in total. The first-order valence-corrected chi connectivity index (χ1v) is 5.14. The highest BCUT2D eigenvalue weighted by Gasteiger charge is 2.20. The highest BCUT2D eigenvalue weighted by atomic mass is 16.5. The van der Waals surface area contributed by atoms with E-state index in [2.05, 4.69) is 6.58 Å². The van der Waals surface area contributed by atoms with Gasteiger partial charge in [-0.1, -0.05) is 36.9 Å². The number of ether oxygens (including phenoxy) is 1. The lowest BCUT2D eigenvalue weighted by molar-refractivity contribution is -0.142. The van der Waals surface area contributed by atoms with Crippen LogP contribution in [0, 0.1) is 0 Å². The number of carbonyl (C=O) groups excluding carboxylic acids is 1. The first-order valence-electron chi connectivity index (χ1n) is 5.14. The number of carbonyl (C=O) groups is 2. The second-order valence-electron chi connectivity index (χ2n) is 3.60. The number of Topliss-reactive ketones (excluding diaryl/α,β-unsaturated/α-hetero) is 1. The monoisotopic (exact) mass is 234 g/mol. The van der Waals surface area contributed by atoms with Gasteiger partial charge in [0.1, 0.15) is 5.76 Å². The predicted octanol–water partition coefficient (Wildman–Crippen LogP) is 2.11. The molecule has 4 nitrogen and oxygen atoms in total. The topological polar surface area (TPSA) is 63.6 Å². The van der Waals surface area contributed by atoms with E-state index >= 15 is 0 Å². The van der Waals surface area contributed by atoms with E-state index in [1.807, 2.05) is 18.2 Å². The zero-order valence-electron chi connectivity index (χ0n) is 9.55. The molecule has 0 bridgehead atoms. The van der Waals surface area contributed by atoms with E-state index in [1.54, 1.807) is 12.1 Å². The Morgan fingerprint density at radius 1 is 1.35 bits per heavy atom. The van der Waals surface area contributed by atoms with Crippen LogP contribution in [0.2, 0.25) is 0 Å². The van der Waals surface area contributed by atoms with Gasteiger partial charge in [-0.3, -0.25) is 9.59 Å². The molecule has 1 unspecified atom stereocenters. The minimum Gasteiger partial charge on any atom is -0.482 e. The Bertz CT molecular complexity index is 422. The molecule has 0 saturated heterocycles. The van der Waals surface area contributed by atoms with Crippen LogP contribution in [-0.2, 0) is 14.3 Å². The molecular weight excluding hydrogens is 220 g/mol. The summed E-state index contributed by atoms with van der Waals surface area (Å²) in [7, 11) is 0. The number of rotatable bonds is 6. The summed E-state index contributed by atoms with van der Waals surface area (Å²) in [4.78, 5) is 21.8. The number of carboxylic acids is 1. The van der Waals surface area contributed by atoms with Gasteiger partial charge in [0.15, 0.2) is 11.9 Å². The highest BCUT2D eigenvalue weighted by Crippen LogP contribution is 2.17. The van der Waals surface area contributed by atoms with Crippen molar-refractivity contribution in [2.24, 2.45) is 0 Å². The first kappa shape index (κ1) is 13.0. The lowest BCUT2D eigenvalue weighted by atomic mass is 10.1. The molecule has 1 rings (SSSR count). The van der Waals surface area contributed by atoms with Crippen LogP contribution in [0.5, 0.6) is 0 Å². The molecular formula is C13H14O4. The lowest BCUT2D eigenvalue weighted by Gasteiger charge is -2.16. The van der Waals surface area contributed by atoms with Crippen molar-refractivity contribution in [3.05, 3.63) is 42.5 Å². The van der Waals surface area contributed by atoms with Crippen LogP contribution in [-0.4, -0.2) is 23.0 Å². The molecule has 0 spiro atoms. The molecule has 0 fully saturated rings. The van der Waals surface area contributed by atoms with Gasteiger partial charge in [-0.2, -0.15) is 0 Å². The van der Waals surface area contributed by atoms with Gasteiger partial charge in [-0.25, -0.2) is 0 Å². The Balaban J connectivity index is 2.71. The standard InChI is InChI=1S/C13H14O4/c1-9(14)12(8-13(15)16)17-10(2)11-6-4-3-5-7-11/h3-7,12H,2,8H2,1H3,(H,15,16). The Hall–Kier alpha value is -2.10. The molecule has 0 saturated carbocycles. The van der Waals surface area contributed by atoms with Gasteiger partial charge in [0.25, 0.3) is 0 Å². The van der Waals surface area contributed by atoms with Crippen LogP contribution >= 0.6 is 0 Å². The van der Waals surface area contributed by atoms with Crippen LogP contribution in [0.3, 0.4) is 0 Å². The lowest BCUT2D eigenvalue weighted by Crippen LogP contribution is -2.24. The van der Waals surface area contributed by atoms with E-state index in [0.717, 1.165) is 5.56 Å². The van der Waals surface area contributed by atoms with Gasteiger partial charge in [-0.05, 0) is 6.92 Å². The minimum atomic E-state index is -1.08.